The lowest BCUT2D eigenvalue weighted by Gasteiger charge is -2.35. The third kappa shape index (κ3) is 2.94. The molecular formula is C13H22N2O3. The monoisotopic (exact) mass is 254 g/mol. The number of rotatable bonds is 1. The number of hydrogen-bond donors (Lipinski definition) is 1. The van der Waals surface area contributed by atoms with Gasteiger partial charge in [0.05, 0.1) is 0 Å². The van der Waals surface area contributed by atoms with Gasteiger partial charge in [0.15, 0.2) is 0 Å². The summed E-state index contributed by atoms with van der Waals surface area (Å²) in [7, 11) is 0. The van der Waals surface area contributed by atoms with Crippen molar-refractivity contribution in [2.75, 3.05) is 6.54 Å². The molecular weight excluding hydrogens is 232 g/mol. The van der Waals surface area contributed by atoms with Crippen LogP contribution in [-0.2, 0) is 9.53 Å². The summed E-state index contributed by atoms with van der Waals surface area (Å²) in [6, 6.07) is -0.0108. The molecule has 0 bridgehead atoms. The van der Waals surface area contributed by atoms with Gasteiger partial charge in [0.2, 0.25) is 5.91 Å². The van der Waals surface area contributed by atoms with Crippen LogP contribution in [0.3, 0.4) is 0 Å². The Bertz CT molecular complexity index is 349. The quantitative estimate of drug-likeness (QED) is 0.774. The van der Waals surface area contributed by atoms with Crippen molar-refractivity contribution in [3.63, 3.8) is 0 Å². The molecule has 5 heteroatoms. The van der Waals surface area contributed by atoms with Gasteiger partial charge in [-0.15, -0.1) is 0 Å². The van der Waals surface area contributed by atoms with E-state index in [2.05, 4.69) is 5.32 Å². The summed E-state index contributed by atoms with van der Waals surface area (Å²) in [5.41, 5.74) is -0.530. The van der Waals surface area contributed by atoms with Crippen molar-refractivity contribution in [1.82, 2.24) is 10.2 Å². The molecule has 2 aliphatic rings. The number of piperidine rings is 1. The van der Waals surface area contributed by atoms with Crippen molar-refractivity contribution in [2.45, 2.75) is 64.1 Å². The third-order valence-corrected chi connectivity index (χ3v) is 3.44. The second-order valence-electron chi connectivity index (χ2n) is 6.10. The van der Waals surface area contributed by atoms with Gasteiger partial charge < -0.3 is 15.0 Å². The van der Waals surface area contributed by atoms with Crippen LogP contribution in [-0.4, -0.2) is 41.1 Å². The molecule has 2 rings (SSSR count). The normalized spacial score (nSPS) is 27.9. The van der Waals surface area contributed by atoms with Crippen molar-refractivity contribution in [3.05, 3.63) is 0 Å². The van der Waals surface area contributed by atoms with Crippen molar-refractivity contribution < 1.29 is 14.3 Å². The lowest BCUT2D eigenvalue weighted by Crippen LogP contribution is -2.54. The second kappa shape index (κ2) is 4.78. The average Bonchev–Trinajstić information content (AvgIpc) is 2.68. The minimum atomic E-state index is -0.530. The lowest BCUT2D eigenvalue weighted by molar-refractivity contribution is -0.137. The van der Waals surface area contributed by atoms with Crippen molar-refractivity contribution in [1.29, 1.82) is 0 Å². The first-order valence-corrected chi connectivity index (χ1v) is 6.67. The van der Waals surface area contributed by atoms with Crippen LogP contribution >= 0.6 is 0 Å². The molecule has 5 nitrogen and oxygen atoms in total. The highest BCUT2D eigenvalue weighted by atomic mass is 16.6. The van der Waals surface area contributed by atoms with Crippen LogP contribution in [0.15, 0.2) is 0 Å². The summed E-state index contributed by atoms with van der Waals surface area (Å²) in [6.07, 6.45) is 3.38. The molecule has 2 heterocycles. The first kappa shape index (κ1) is 13.2. The predicted molar refractivity (Wildman–Crippen MR) is 67.1 cm³/mol. The number of hydrogen-bond acceptors (Lipinski definition) is 3. The van der Waals surface area contributed by atoms with E-state index in [0.29, 0.717) is 6.04 Å². The first-order valence-electron chi connectivity index (χ1n) is 6.67. The number of alkyl carbamates (subject to hydrolysis) is 1. The van der Waals surface area contributed by atoms with Gasteiger partial charge >= 0.3 is 6.09 Å². The third-order valence-electron chi connectivity index (χ3n) is 3.44. The van der Waals surface area contributed by atoms with Gasteiger partial charge in [0.1, 0.15) is 11.6 Å². The smallest absolute Gasteiger partial charge is 0.408 e. The minimum absolute atomic E-state index is 0.0506. The van der Waals surface area contributed by atoms with Crippen LogP contribution in [0.25, 0.3) is 0 Å². The summed E-state index contributed by atoms with van der Waals surface area (Å²) in [6.45, 7) is 6.26. The Morgan fingerprint density at radius 2 is 2.06 bits per heavy atom. The Labute approximate surface area is 108 Å². The molecule has 18 heavy (non-hydrogen) atoms. The van der Waals surface area contributed by atoms with Gasteiger partial charge in [-0.2, -0.15) is 0 Å². The van der Waals surface area contributed by atoms with Crippen LogP contribution in [0.5, 0.6) is 0 Å². The highest BCUT2D eigenvalue weighted by Crippen LogP contribution is 2.27. The second-order valence-corrected chi connectivity index (χ2v) is 6.10. The van der Waals surface area contributed by atoms with Gasteiger partial charge in [-0.1, -0.05) is 0 Å². The van der Waals surface area contributed by atoms with Crippen molar-refractivity contribution in [2.24, 2.45) is 0 Å². The van der Waals surface area contributed by atoms with E-state index in [1.165, 1.54) is 0 Å². The molecule has 1 N–H and O–H groups in total. The topological polar surface area (TPSA) is 58.6 Å². The summed E-state index contributed by atoms with van der Waals surface area (Å²) in [5.74, 6) is 0.0506. The number of nitrogens with zero attached hydrogens (tertiary/aromatic N) is 1. The van der Waals surface area contributed by atoms with Gasteiger partial charge in [0, 0.05) is 12.6 Å². The zero-order valence-corrected chi connectivity index (χ0v) is 11.4. The molecule has 0 aromatic carbocycles. The van der Waals surface area contributed by atoms with E-state index in [9.17, 15) is 9.59 Å². The molecule has 0 saturated carbocycles. The number of ether oxygens (including phenoxy) is 1. The number of nitrogens with one attached hydrogen (secondary N) is 1. The highest BCUT2D eigenvalue weighted by Gasteiger charge is 2.38. The molecule has 0 aromatic rings. The summed E-state index contributed by atoms with van der Waals surface area (Å²) in [4.78, 5) is 25.7. The van der Waals surface area contributed by atoms with E-state index in [1.807, 2.05) is 25.7 Å². The van der Waals surface area contributed by atoms with Crippen LogP contribution in [0.2, 0.25) is 0 Å². The SMILES string of the molecule is CC(C)(C)OC(=O)N[C@H]1CC[C@@H]2CCCN2C1=O. The van der Waals surface area contributed by atoms with Crippen LogP contribution in [0.4, 0.5) is 4.79 Å². The maximum Gasteiger partial charge on any atom is 0.408 e. The fourth-order valence-electron chi connectivity index (χ4n) is 2.69. The molecule has 2 aliphatic heterocycles. The van der Waals surface area contributed by atoms with Crippen LogP contribution < -0.4 is 5.32 Å². The van der Waals surface area contributed by atoms with Crippen molar-refractivity contribution in [3.8, 4) is 0 Å². The molecule has 2 amide bonds. The summed E-state index contributed by atoms with van der Waals surface area (Å²) in [5, 5.41) is 2.69. The van der Waals surface area contributed by atoms with E-state index in [1.54, 1.807) is 0 Å². The predicted octanol–water partition coefficient (Wildman–Crippen LogP) is 1.66. The van der Waals surface area contributed by atoms with E-state index in [-0.39, 0.29) is 5.91 Å². The molecule has 0 aromatic heterocycles. The molecule has 0 aliphatic carbocycles. The maximum atomic E-state index is 12.2. The standard InChI is InChI=1S/C13H22N2O3/c1-13(2,3)18-12(17)14-10-7-6-9-5-4-8-15(9)11(10)16/h9-10H,4-8H2,1-3H3,(H,14,17)/t9-,10-/m0/s1. The Hall–Kier alpha value is -1.26. The van der Waals surface area contributed by atoms with Crippen LogP contribution in [0, 0.1) is 0 Å². The number of carbonyl (C=O) groups excluding carboxylic acids is 2. The molecule has 102 valence electrons. The van der Waals surface area contributed by atoms with E-state index >= 15 is 0 Å². The zero-order chi connectivity index (χ0) is 13.3. The first-order chi connectivity index (χ1) is 8.37. The Kier molecular flexibility index (Phi) is 3.50. The number of fused-ring (bicyclic) bond motifs is 1. The molecule has 2 fully saturated rings. The Morgan fingerprint density at radius 3 is 2.72 bits per heavy atom. The van der Waals surface area contributed by atoms with E-state index in [0.717, 1.165) is 32.2 Å². The zero-order valence-electron chi connectivity index (χ0n) is 11.4. The molecule has 0 unspecified atom stereocenters. The van der Waals surface area contributed by atoms with Crippen LogP contribution in [0.1, 0.15) is 46.5 Å². The largest absolute Gasteiger partial charge is 0.444 e. The highest BCUT2D eigenvalue weighted by molar-refractivity contribution is 5.86. The minimum Gasteiger partial charge on any atom is -0.444 e. The van der Waals surface area contributed by atoms with Crippen molar-refractivity contribution >= 4 is 12.0 Å². The number of carbonyl (C=O) groups is 2. The molecule has 0 spiro atoms. The molecule has 2 saturated heterocycles. The average molecular weight is 254 g/mol. The maximum absolute atomic E-state index is 12.2. The van der Waals surface area contributed by atoms with Gasteiger partial charge in [-0.05, 0) is 46.5 Å². The lowest BCUT2D eigenvalue weighted by atomic mass is 9.98. The summed E-state index contributed by atoms with van der Waals surface area (Å²) >= 11 is 0. The van der Waals surface area contributed by atoms with E-state index in [4.69, 9.17) is 4.74 Å². The van der Waals surface area contributed by atoms with E-state index < -0.39 is 17.7 Å². The van der Waals surface area contributed by atoms with Gasteiger partial charge in [-0.25, -0.2) is 4.79 Å². The Balaban J connectivity index is 1.90. The van der Waals surface area contributed by atoms with Gasteiger partial charge in [-0.3, -0.25) is 4.79 Å². The summed E-state index contributed by atoms with van der Waals surface area (Å²) < 4.78 is 5.18. The number of amides is 2. The fraction of sp³-hybridized carbons (Fsp3) is 0.846. The molecule has 2 atom stereocenters. The van der Waals surface area contributed by atoms with Gasteiger partial charge in [0.25, 0.3) is 0 Å². The Morgan fingerprint density at radius 1 is 1.33 bits per heavy atom. The molecule has 0 radical (unpaired) electrons. The fourth-order valence-corrected chi connectivity index (χ4v) is 2.69.